The number of hydrogen-bond donors (Lipinski definition) is 3. The summed E-state index contributed by atoms with van der Waals surface area (Å²) in [6.45, 7) is 27.6. The zero-order valence-electron chi connectivity index (χ0n) is 35.6. The Morgan fingerprint density at radius 3 is 1.77 bits per heavy atom. The number of hydrogen-bond acceptors (Lipinski definition) is 3. The van der Waals surface area contributed by atoms with E-state index < -0.39 is 5.60 Å². The van der Waals surface area contributed by atoms with Crippen LogP contribution in [0.3, 0.4) is 0 Å². The van der Waals surface area contributed by atoms with E-state index in [9.17, 15) is 15.3 Å². The van der Waals surface area contributed by atoms with Gasteiger partial charge < -0.3 is 15.3 Å². The van der Waals surface area contributed by atoms with Crippen LogP contribution in [-0.2, 0) is 0 Å². The summed E-state index contributed by atoms with van der Waals surface area (Å²) < 4.78 is 0. The van der Waals surface area contributed by atoms with Crippen LogP contribution in [0, 0.1) is 22.7 Å². The summed E-state index contributed by atoms with van der Waals surface area (Å²) in [6.07, 6.45) is 39.4. The summed E-state index contributed by atoms with van der Waals surface area (Å²) in [5.74, 6) is 0.812. The molecule has 3 heteroatoms. The second kappa shape index (κ2) is 21.0. The Labute approximate surface area is 325 Å². The van der Waals surface area contributed by atoms with E-state index >= 15 is 0 Å². The lowest BCUT2D eigenvalue weighted by Crippen LogP contribution is -2.32. The first-order valence-electron chi connectivity index (χ1n) is 19.8. The molecule has 0 aromatic carbocycles. The van der Waals surface area contributed by atoms with Gasteiger partial charge in [0.25, 0.3) is 0 Å². The van der Waals surface area contributed by atoms with E-state index in [0.717, 1.165) is 38.5 Å². The molecular weight excluding hydrogens is 649 g/mol. The molecule has 292 valence electrons. The van der Waals surface area contributed by atoms with Gasteiger partial charge in [-0.05, 0) is 123 Å². The molecule has 0 bridgehead atoms. The molecule has 0 fully saturated rings. The fourth-order valence-corrected chi connectivity index (χ4v) is 7.75. The first kappa shape index (κ1) is 45.9. The Hall–Kier alpha value is -3.24. The summed E-state index contributed by atoms with van der Waals surface area (Å²) in [5.41, 5.74) is 9.72. The lowest BCUT2D eigenvalue weighted by Gasteiger charge is -2.38. The molecule has 0 unspecified atom stereocenters. The number of rotatable bonds is 11. The largest absolute Gasteiger partial charge is 0.393 e. The molecule has 3 nitrogen and oxygen atoms in total. The minimum absolute atomic E-state index is 0.00528. The molecule has 53 heavy (non-hydrogen) atoms. The van der Waals surface area contributed by atoms with Gasteiger partial charge in [-0.2, -0.15) is 0 Å². The van der Waals surface area contributed by atoms with Crippen molar-refractivity contribution in [1.82, 2.24) is 0 Å². The van der Waals surface area contributed by atoms with E-state index in [-0.39, 0.29) is 23.0 Å². The van der Waals surface area contributed by atoms with Gasteiger partial charge >= 0.3 is 0 Å². The summed E-state index contributed by atoms with van der Waals surface area (Å²) in [5, 5.41) is 29.9. The first-order chi connectivity index (χ1) is 24.6. The molecule has 0 heterocycles. The van der Waals surface area contributed by atoms with Gasteiger partial charge in [-0.3, -0.25) is 0 Å². The van der Waals surface area contributed by atoms with Crippen molar-refractivity contribution in [3.05, 3.63) is 142 Å². The van der Waals surface area contributed by atoms with E-state index in [1.807, 2.05) is 19.9 Å². The Morgan fingerprint density at radius 2 is 1.28 bits per heavy atom. The molecule has 0 spiro atoms. The number of aliphatic hydroxyl groups excluding tert-OH is 2. The smallest absolute Gasteiger partial charge is 0.0729 e. The highest BCUT2D eigenvalue weighted by Crippen LogP contribution is 2.42. The molecule has 3 N–H and O–H groups in total. The van der Waals surface area contributed by atoms with Gasteiger partial charge in [0.1, 0.15) is 0 Å². The third-order valence-corrected chi connectivity index (χ3v) is 11.0. The van der Waals surface area contributed by atoms with Gasteiger partial charge in [0.2, 0.25) is 0 Å². The molecular formula is C50H74O3. The van der Waals surface area contributed by atoms with Gasteiger partial charge in [0.05, 0.1) is 17.8 Å². The van der Waals surface area contributed by atoms with Crippen molar-refractivity contribution in [3.8, 4) is 0 Å². The summed E-state index contributed by atoms with van der Waals surface area (Å²) >= 11 is 0. The fourth-order valence-electron chi connectivity index (χ4n) is 7.75. The second-order valence-electron chi connectivity index (χ2n) is 17.9. The zero-order chi connectivity index (χ0) is 40.0. The predicted molar refractivity (Wildman–Crippen MR) is 231 cm³/mol. The highest BCUT2D eigenvalue weighted by atomic mass is 16.3. The van der Waals surface area contributed by atoms with Crippen molar-refractivity contribution < 1.29 is 15.3 Å². The third-order valence-electron chi connectivity index (χ3n) is 11.0. The topological polar surface area (TPSA) is 60.7 Å². The number of aliphatic hydroxyl groups is 3. The van der Waals surface area contributed by atoms with Gasteiger partial charge in [0.15, 0.2) is 0 Å². The van der Waals surface area contributed by atoms with Crippen molar-refractivity contribution in [2.45, 2.75) is 146 Å². The van der Waals surface area contributed by atoms with Crippen LogP contribution in [-0.4, -0.2) is 33.1 Å². The van der Waals surface area contributed by atoms with Crippen LogP contribution in [0.15, 0.2) is 142 Å². The van der Waals surface area contributed by atoms with Gasteiger partial charge in [-0.25, -0.2) is 0 Å². The zero-order valence-corrected chi connectivity index (χ0v) is 35.6. The Kier molecular flexibility index (Phi) is 18.2. The highest BCUT2D eigenvalue weighted by molar-refractivity contribution is 5.38. The second-order valence-corrected chi connectivity index (χ2v) is 17.9. The maximum absolute atomic E-state index is 10.1. The summed E-state index contributed by atoms with van der Waals surface area (Å²) in [4.78, 5) is 0. The van der Waals surface area contributed by atoms with Crippen molar-refractivity contribution >= 4 is 0 Å². The van der Waals surface area contributed by atoms with Crippen LogP contribution < -0.4 is 0 Å². The van der Waals surface area contributed by atoms with Gasteiger partial charge in [-0.15, -0.1) is 0 Å². The average Bonchev–Trinajstić information content (AvgIpc) is 3.01. The maximum Gasteiger partial charge on any atom is 0.0729 e. The van der Waals surface area contributed by atoms with E-state index in [0.29, 0.717) is 11.8 Å². The van der Waals surface area contributed by atoms with E-state index in [2.05, 4.69) is 167 Å². The summed E-state index contributed by atoms with van der Waals surface area (Å²) in [6, 6.07) is 0. The van der Waals surface area contributed by atoms with Crippen LogP contribution in [0.25, 0.3) is 0 Å². The lowest BCUT2D eigenvalue weighted by molar-refractivity contribution is 0.0126. The molecule has 3 aliphatic carbocycles. The van der Waals surface area contributed by atoms with Crippen molar-refractivity contribution in [2.75, 3.05) is 0 Å². The average molecular weight is 723 g/mol. The first-order valence-corrected chi connectivity index (χ1v) is 19.8. The normalized spacial score (nSPS) is 26.6. The quantitative estimate of drug-likeness (QED) is 0.147. The minimum Gasteiger partial charge on any atom is -0.393 e. The highest BCUT2D eigenvalue weighted by Gasteiger charge is 2.34. The molecule has 3 rings (SSSR count). The molecule has 4 atom stereocenters. The lowest BCUT2D eigenvalue weighted by atomic mass is 9.67. The predicted octanol–water partition coefficient (Wildman–Crippen LogP) is 12.9. The SMILES string of the molecule is CC1=CC[C@@H](C(C)(C)O)CC1.CC1=C[C@H](O)CC(C)(C)[C@H]1/C=C/C(C)=C/C=C/C(C)=C/C=C/C=C(C)/C=C/C=C(C)/C=C/C1=C(C)C[C@@H](O)CC1(C)C. The standard InChI is InChI=1S/C40H56O2.C10H18O/c1-29(17-13-19-31(3)21-23-37-33(5)25-35(41)27-39(37,7)8)15-11-12-16-30(2)18-14-20-32(4)22-24-38-34(6)26-36(42)28-40(38,9)10;1-8-4-6-9(7-5-8)10(2,3)11/h11-25,35-37,41-42H,26-28H2,1-10H3;4,9,11H,5-7H2,1-3H3/b12-11+,17-13+,18-14+,23-21+,24-22+,29-15+,30-16+,31-19+,32-20+;/t35-,36+,37-;9-/m01/s1. The molecule has 0 amide bonds. The molecule has 3 aliphatic rings. The van der Waals surface area contributed by atoms with E-state index in [1.165, 1.54) is 44.6 Å². The van der Waals surface area contributed by atoms with Crippen LogP contribution >= 0.6 is 0 Å². The Balaban J connectivity index is 0.000000751. The van der Waals surface area contributed by atoms with Crippen LogP contribution in [0.1, 0.15) is 129 Å². The fraction of sp³-hybridized carbons (Fsp3) is 0.520. The van der Waals surface area contributed by atoms with Crippen LogP contribution in [0.5, 0.6) is 0 Å². The monoisotopic (exact) mass is 723 g/mol. The molecule has 0 aromatic rings. The van der Waals surface area contributed by atoms with Crippen molar-refractivity contribution in [2.24, 2.45) is 22.7 Å². The molecule has 0 saturated carbocycles. The third kappa shape index (κ3) is 16.8. The van der Waals surface area contributed by atoms with E-state index in [1.54, 1.807) is 0 Å². The molecule has 0 saturated heterocycles. The Morgan fingerprint density at radius 1 is 0.755 bits per heavy atom. The number of allylic oxidation sites excluding steroid dienone is 22. The molecule has 0 radical (unpaired) electrons. The Bertz CT molecular complexity index is 1590. The molecule has 0 aliphatic heterocycles. The summed E-state index contributed by atoms with van der Waals surface area (Å²) in [7, 11) is 0. The van der Waals surface area contributed by atoms with Crippen LogP contribution in [0.4, 0.5) is 0 Å². The van der Waals surface area contributed by atoms with Gasteiger partial charge in [0, 0.05) is 5.92 Å². The maximum atomic E-state index is 10.1. The van der Waals surface area contributed by atoms with Crippen molar-refractivity contribution in [3.63, 3.8) is 0 Å². The van der Waals surface area contributed by atoms with Gasteiger partial charge in [-0.1, -0.05) is 164 Å². The minimum atomic E-state index is -0.489. The van der Waals surface area contributed by atoms with Crippen molar-refractivity contribution in [1.29, 1.82) is 0 Å². The van der Waals surface area contributed by atoms with E-state index in [4.69, 9.17) is 0 Å². The molecule has 0 aromatic heterocycles. The van der Waals surface area contributed by atoms with Crippen LogP contribution in [0.2, 0.25) is 0 Å².